The number of nitrogens with one attached hydrogen (secondary N) is 1. The lowest BCUT2D eigenvalue weighted by atomic mass is 9.95. The van der Waals surface area contributed by atoms with E-state index in [2.05, 4.69) is 4.72 Å². The Bertz CT molecular complexity index is 1140. The van der Waals surface area contributed by atoms with Crippen LogP contribution >= 0.6 is 0 Å². The molecule has 180 valence electrons. The maximum Gasteiger partial charge on any atom is 0.225 e. The summed E-state index contributed by atoms with van der Waals surface area (Å²) in [6, 6.07) is 4.53. The molecule has 3 atom stereocenters. The molecule has 1 saturated heterocycles. The molecule has 0 aromatic heterocycles. The Hall–Kier alpha value is -2.46. The number of sulfonamides is 1. The Kier molecular flexibility index (Phi) is 7.48. The van der Waals surface area contributed by atoms with E-state index in [4.69, 9.17) is 0 Å². The van der Waals surface area contributed by atoms with Crippen molar-refractivity contribution in [2.45, 2.75) is 45.4 Å². The predicted molar refractivity (Wildman–Crippen MR) is 117 cm³/mol. The van der Waals surface area contributed by atoms with E-state index in [1.54, 1.807) is 13.8 Å². The molecular formula is C23H26F4N2O3S. The number of rotatable bonds is 7. The molecule has 0 saturated carbocycles. The quantitative estimate of drug-likeness (QED) is 0.605. The smallest absolute Gasteiger partial charge is 0.225 e. The third-order valence-electron chi connectivity index (χ3n) is 5.77. The molecule has 0 aliphatic carbocycles. The van der Waals surface area contributed by atoms with E-state index >= 15 is 4.39 Å². The molecule has 3 rings (SSSR count). The van der Waals surface area contributed by atoms with Gasteiger partial charge >= 0.3 is 0 Å². The third-order valence-corrected chi connectivity index (χ3v) is 7.17. The van der Waals surface area contributed by atoms with Gasteiger partial charge in [-0.15, -0.1) is 0 Å². The van der Waals surface area contributed by atoms with Crippen molar-refractivity contribution in [3.63, 3.8) is 0 Å². The molecule has 33 heavy (non-hydrogen) atoms. The molecule has 5 nitrogen and oxygen atoms in total. The van der Waals surface area contributed by atoms with E-state index < -0.39 is 57.6 Å². The summed E-state index contributed by atoms with van der Waals surface area (Å²) in [5.41, 5.74) is -0.438. The van der Waals surface area contributed by atoms with Gasteiger partial charge in [0.1, 0.15) is 23.6 Å². The van der Waals surface area contributed by atoms with Crippen LogP contribution in [0.1, 0.15) is 26.3 Å². The summed E-state index contributed by atoms with van der Waals surface area (Å²) in [5.74, 6) is -3.58. The number of benzene rings is 2. The summed E-state index contributed by atoms with van der Waals surface area (Å²) < 4.78 is 84.8. The molecule has 1 aliphatic rings. The third kappa shape index (κ3) is 5.38. The Morgan fingerprint density at radius 3 is 2.48 bits per heavy atom. The van der Waals surface area contributed by atoms with Crippen LogP contribution in [0.4, 0.5) is 17.6 Å². The van der Waals surface area contributed by atoms with Crippen LogP contribution in [0, 0.1) is 23.4 Å². The molecule has 1 aliphatic heterocycles. The van der Waals surface area contributed by atoms with Crippen molar-refractivity contribution in [2.24, 2.45) is 5.92 Å². The molecule has 0 bridgehead atoms. The van der Waals surface area contributed by atoms with Gasteiger partial charge in [-0.3, -0.25) is 4.79 Å². The maximum atomic E-state index is 15.4. The predicted octanol–water partition coefficient (Wildman–Crippen LogP) is 3.83. The lowest BCUT2D eigenvalue weighted by Crippen LogP contribution is -2.50. The second-order valence-electron chi connectivity index (χ2n) is 8.38. The zero-order valence-corrected chi connectivity index (χ0v) is 19.3. The van der Waals surface area contributed by atoms with Crippen molar-refractivity contribution in [2.75, 3.05) is 12.3 Å². The SMILES string of the molecule is CCS(=O)(=O)N[C@H]1[C@@H](F)CN(C(=O)C(C)C)[C@H]1Cc1cccc(-c2cc(F)ccc2F)c1F. The molecule has 10 heteroatoms. The number of nitrogens with zero attached hydrogens (tertiary/aromatic N) is 1. The summed E-state index contributed by atoms with van der Waals surface area (Å²) in [4.78, 5) is 14.0. The molecular weight excluding hydrogens is 460 g/mol. The minimum Gasteiger partial charge on any atom is -0.334 e. The average molecular weight is 487 g/mol. The standard InChI is InChI=1S/C23H26F4N2O3S/c1-4-33(31,32)28-22-19(26)12-29(23(30)13(2)3)20(22)10-14-6-5-7-16(21(14)27)17-11-15(24)8-9-18(17)25/h5-9,11,13,19-20,22,28H,4,10,12H2,1-3H3/t19-,20-,22-/m0/s1. The Morgan fingerprint density at radius 1 is 1.15 bits per heavy atom. The van der Waals surface area contributed by atoms with E-state index in [0.717, 1.165) is 18.2 Å². The maximum absolute atomic E-state index is 15.4. The highest BCUT2D eigenvalue weighted by Gasteiger charge is 2.46. The number of hydrogen-bond donors (Lipinski definition) is 1. The first-order chi connectivity index (χ1) is 15.4. The summed E-state index contributed by atoms with van der Waals surface area (Å²) in [7, 11) is -3.82. The average Bonchev–Trinajstić information content (AvgIpc) is 3.05. The molecule has 1 fully saturated rings. The van der Waals surface area contributed by atoms with Gasteiger partial charge in [-0.2, -0.15) is 0 Å². The number of carbonyl (C=O) groups excluding carboxylic acids is 1. The zero-order valence-electron chi connectivity index (χ0n) is 18.5. The minimum absolute atomic E-state index is 0.0255. The fourth-order valence-corrected chi connectivity index (χ4v) is 4.90. The van der Waals surface area contributed by atoms with E-state index in [1.165, 1.54) is 30.0 Å². The first-order valence-electron chi connectivity index (χ1n) is 10.6. The van der Waals surface area contributed by atoms with Crippen LogP contribution in [0.25, 0.3) is 11.1 Å². The van der Waals surface area contributed by atoms with Gasteiger partial charge in [0.15, 0.2) is 0 Å². The highest BCUT2D eigenvalue weighted by molar-refractivity contribution is 7.89. The van der Waals surface area contributed by atoms with Gasteiger partial charge in [-0.1, -0.05) is 32.0 Å². The van der Waals surface area contributed by atoms with E-state index in [-0.39, 0.29) is 35.4 Å². The van der Waals surface area contributed by atoms with Crippen molar-refractivity contribution in [1.29, 1.82) is 0 Å². The largest absolute Gasteiger partial charge is 0.334 e. The second-order valence-corrected chi connectivity index (χ2v) is 10.4. The number of alkyl halides is 1. The van der Waals surface area contributed by atoms with Gasteiger partial charge in [0.25, 0.3) is 0 Å². The summed E-state index contributed by atoms with van der Waals surface area (Å²) >= 11 is 0. The topological polar surface area (TPSA) is 66.5 Å². The normalized spacial score (nSPS) is 21.1. The number of hydrogen-bond acceptors (Lipinski definition) is 3. The van der Waals surface area contributed by atoms with Crippen molar-refractivity contribution >= 4 is 15.9 Å². The van der Waals surface area contributed by atoms with Crippen LogP contribution < -0.4 is 4.72 Å². The van der Waals surface area contributed by atoms with Gasteiger partial charge in [0.05, 0.1) is 24.4 Å². The summed E-state index contributed by atoms with van der Waals surface area (Å²) in [6.07, 6.45) is -1.90. The van der Waals surface area contributed by atoms with Crippen molar-refractivity contribution in [3.05, 3.63) is 59.4 Å². The molecule has 0 spiro atoms. The van der Waals surface area contributed by atoms with Gasteiger partial charge < -0.3 is 4.90 Å². The van der Waals surface area contributed by atoms with Gasteiger partial charge in [-0.25, -0.2) is 30.7 Å². The van der Waals surface area contributed by atoms with Crippen LogP contribution in [-0.2, 0) is 21.2 Å². The zero-order chi connectivity index (χ0) is 24.5. The van der Waals surface area contributed by atoms with E-state index in [9.17, 15) is 26.4 Å². The first-order valence-corrected chi connectivity index (χ1v) is 12.3. The summed E-state index contributed by atoms with van der Waals surface area (Å²) in [5, 5.41) is 0. The molecule has 2 aromatic rings. The molecule has 1 N–H and O–H groups in total. The first kappa shape index (κ1) is 25.2. The molecule has 0 unspecified atom stereocenters. The lowest BCUT2D eigenvalue weighted by molar-refractivity contribution is -0.135. The number of halogens is 4. The number of amides is 1. The molecule has 0 radical (unpaired) electrons. The highest BCUT2D eigenvalue weighted by atomic mass is 32.2. The van der Waals surface area contributed by atoms with Crippen molar-refractivity contribution < 1.29 is 30.8 Å². The van der Waals surface area contributed by atoms with Crippen molar-refractivity contribution in [3.8, 4) is 11.1 Å². The number of likely N-dealkylation sites (tertiary alicyclic amines) is 1. The number of carbonyl (C=O) groups is 1. The Balaban J connectivity index is 2.03. The molecule has 1 amide bonds. The van der Waals surface area contributed by atoms with E-state index in [0.29, 0.717) is 0 Å². The van der Waals surface area contributed by atoms with Gasteiger partial charge in [0.2, 0.25) is 15.9 Å². The van der Waals surface area contributed by atoms with Crippen molar-refractivity contribution in [1.82, 2.24) is 9.62 Å². The van der Waals surface area contributed by atoms with Crippen LogP contribution in [0.15, 0.2) is 36.4 Å². The highest BCUT2D eigenvalue weighted by Crippen LogP contribution is 2.32. The van der Waals surface area contributed by atoms with E-state index in [1.807, 2.05) is 0 Å². The molecule has 1 heterocycles. The Labute approximate surface area is 190 Å². The van der Waals surface area contributed by atoms with Crippen LogP contribution in [-0.4, -0.2) is 49.8 Å². The van der Waals surface area contributed by atoms with Gasteiger partial charge in [0, 0.05) is 17.0 Å². The second kappa shape index (κ2) is 9.80. The van der Waals surface area contributed by atoms with Crippen LogP contribution in [0.5, 0.6) is 0 Å². The molecule has 2 aromatic carbocycles. The Morgan fingerprint density at radius 2 is 1.85 bits per heavy atom. The minimum atomic E-state index is -3.82. The fraction of sp³-hybridized carbons (Fsp3) is 0.435. The van der Waals surface area contributed by atoms with Crippen LogP contribution in [0.2, 0.25) is 0 Å². The van der Waals surface area contributed by atoms with Gasteiger partial charge in [-0.05, 0) is 37.1 Å². The monoisotopic (exact) mass is 486 g/mol. The fourth-order valence-electron chi connectivity index (χ4n) is 4.01. The summed E-state index contributed by atoms with van der Waals surface area (Å²) in [6.45, 7) is 4.32. The van der Waals surface area contributed by atoms with Crippen LogP contribution in [0.3, 0.4) is 0 Å². The lowest BCUT2D eigenvalue weighted by Gasteiger charge is -2.30.